The van der Waals surface area contributed by atoms with Gasteiger partial charge in [-0.05, 0) is 29.8 Å². The number of hydrogen-bond acceptors (Lipinski definition) is 4. The topological polar surface area (TPSA) is 54.8 Å². The number of hydrogen-bond donors (Lipinski definition) is 0. The highest BCUT2D eigenvalue weighted by Gasteiger charge is 2.49. The molecule has 172 valence electrons. The molecule has 1 aliphatic heterocycles. The number of methoxy groups -OCH3 is 1. The van der Waals surface area contributed by atoms with Crippen molar-refractivity contribution in [2.24, 2.45) is 0 Å². The van der Waals surface area contributed by atoms with Crippen LogP contribution in [0, 0.1) is 17.1 Å². The Morgan fingerprint density at radius 3 is 2.36 bits per heavy atom. The van der Waals surface area contributed by atoms with Crippen LogP contribution in [0.4, 0.5) is 4.39 Å². The lowest BCUT2D eigenvalue weighted by Gasteiger charge is -2.18. The van der Waals surface area contributed by atoms with E-state index in [0.29, 0.717) is 29.4 Å². The second-order valence-electron chi connectivity index (χ2n) is 7.05. The van der Waals surface area contributed by atoms with E-state index in [1.165, 1.54) is 19.2 Å². The van der Waals surface area contributed by atoms with Crippen molar-refractivity contribution in [3.05, 3.63) is 87.2 Å². The maximum Gasteiger partial charge on any atom is 0.174 e. The van der Waals surface area contributed by atoms with Crippen LogP contribution in [0.5, 0.6) is 5.75 Å². The lowest BCUT2D eigenvalue weighted by molar-refractivity contribution is 0.144. The maximum absolute atomic E-state index is 15.4. The predicted molar refractivity (Wildman–Crippen MR) is 128 cm³/mol. The molecule has 0 aliphatic carbocycles. The van der Waals surface area contributed by atoms with E-state index in [1.54, 1.807) is 12.1 Å². The maximum atomic E-state index is 15.4. The van der Waals surface area contributed by atoms with E-state index in [2.05, 4.69) is 0 Å². The molecule has 1 heterocycles. The molecule has 1 fully saturated rings. The van der Waals surface area contributed by atoms with Gasteiger partial charge in [0, 0.05) is 28.8 Å². The van der Waals surface area contributed by atoms with Crippen molar-refractivity contribution >= 4 is 23.2 Å². The Hall–Kier alpha value is -2.62. The summed E-state index contributed by atoms with van der Waals surface area (Å²) in [6.45, 7) is 4.91. The summed E-state index contributed by atoms with van der Waals surface area (Å²) in [5, 5.41) is 10.2. The van der Waals surface area contributed by atoms with Gasteiger partial charge in [0.05, 0.1) is 29.9 Å². The van der Waals surface area contributed by atoms with Crippen molar-refractivity contribution in [3.63, 3.8) is 0 Å². The molecule has 1 unspecified atom stereocenters. The lowest BCUT2D eigenvalue weighted by Crippen LogP contribution is -2.12. The molecule has 0 bridgehead atoms. The summed E-state index contributed by atoms with van der Waals surface area (Å²) in [6, 6.07) is 17.9. The fourth-order valence-electron chi connectivity index (χ4n) is 3.57. The standard InChI is InChI=1S/C24H18Cl2FNO3.C2H6/c1-29-9-10-30-21-8-7-15(13-28)22(23(21)27)17-11-18(20(26)12-19(17)25)24(14-31-24)16-5-3-2-4-6-16;1-2/h2-8,11-12H,9-10,14H2,1H3;1-2H3. The van der Waals surface area contributed by atoms with Crippen molar-refractivity contribution in [2.75, 3.05) is 26.9 Å². The van der Waals surface area contributed by atoms with E-state index in [4.69, 9.17) is 37.4 Å². The molecular weight excluding hydrogens is 464 g/mol. The van der Waals surface area contributed by atoms with Crippen LogP contribution in [-0.2, 0) is 15.1 Å². The minimum Gasteiger partial charge on any atom is -0.488 e. The lowest BCUT2D eigenvalue weighted by atomic mass is 9.88. The molecule has 3 aromatic carbocycles. The van der Waals surface area contributed by atoms with Crippen LogP contribution in [0.15, 0.2) is 54.6 Å². The zero-order valence-corrected chi connectivity index (χ0v) is 20.1. The summed E-state index contributed by atoms with van der Waals surface area (Å²) in [5.74, 6) is -0.658. The van der Waals surface area contributed by atoms with Gasteiger partial charge < -0.3 is 14.2 Å². The summed E-state index contributed by atoms with van der Waals surface area (Å²) in [6.07, 6.45) is 0. The van der Waals surface area contributed by atoms with E-state index >= 15 is 4.39 Å². The third kappa shape index (κ3) is 5.00. The molecule has 1 aliphatic rings. The van der Waals surface area contributed by atoms with Crippen LogP contribution in [0.3, 0.4) is 0 Å². The molecule has 1 saturated heterocycles. The Morgan fingerprint density at radius 2 is 1.76 bits per heavy atom. The zero-order valence-electron chi connectivity index (χ0n) is 18.6. The summed E-state index contributed by atoms with van der Waals surface area (Å²) in [4.78, 5) is 0. The predicted octanol–water partition coefficient (Wildman–Crippen LogP) is 7.00. The molecule has 0 amide bonds. The first kappa shape index (κ1) is 25.0. The van der Waals surface area contributed by atoms with Gasteiger partial charge in [0.2, 0.25) is 0 Å². The highest BCUT2D eigenvalue weighted by Crippen LogP contribution is 2.50. The first-order chi connectivity index (χ1) is 16.0. The minimum atomic E-state index is -0.729. The summed E-state index contributed by atoms with van der Waals surface area (Å²) >= 11 is 13.0. The van der Waals surface area contributed by atoms with Crippen LogP contribution in [0.25, 0.3) is 11.1 Å². The van der Waals surface area contributed by atoms with Gasteiger partial charge in [0.15, 0.2) is 11.6 Å². The van der Waals surface area contributed by atoms with Crippen LogP contribution in [0.2, 0.25) is 10.0 Å². The zero-order chi connectivity index (χ0) is 24.0. The summed E-state index contributed by atoms with van der Waals surface area (Å²) in [5.41, 5.74) is 1.41. The molecule has 33 heavy (non-hydrogen) atoms. The molecule has 4 rings (SSSR count). The number of rotatable bonds is 7. The quantitative estimate of drug-likeness (QED) is 0.266. The Labute approximate surface area is 203 Å². The molecule has 4 nitrogen and oxygen atoms in total. The molecule has 1 atom stereocenters. The summed E-state index contributed by atoms with van der Waals surface area (Å²) < 4.78 is 31.7. The third-order valence-corrected chi connectivity index (χ3v) is 5.83. The van der Waals surface area contributed by atoms with Gasteiger partial charge in [-0.2, -0.15) is 5.26 Å². The largest absolute Gasteiger partial charge is 0.488 e. The van der Waals surface area contributed by atoms with Crippen molar-refractivity contribution in [2.45, 2.75) is 19.4 Å². The van der Waals surface area contributed by atoms with Crippen molar-refractivity contribution < 1.29 is 18.6 Å². The molecule has 0 saturated carbocycles. The fraction of sp³-hybridized carbons (Fsp3) is 0.269. The van der Waals surface area contributed by atoms with Gasteiger partial charge in [-0.3, -0.25) is 0 Å². The summed E-state index contributed by atoms with van der Waals surface area (Å²) in [7, 11) is 1.53. The molecule has 7 heteroatoms. The van der Waals surface area contributed by atoms with Crippen LogP contribution >= 0.6 is 23.2 Å². The van der Waals surface area contributed by atoms with Gasteiger partial charge in [0.1, 0.15) is 12.2 Å². The van der Waals surface area contributed by atoms with Gasteiger partial charge in [-0.15, -0.1) is 0 Å². The Bertz CT molecular complexity index is 1160. The SMILES string of the molecule is CC.COCCOc1ccc(C#N)c(-c2cc(C3(c4ccccc4)CO3)c(Cl)cc2Cl)c1F. The van der Waals surface area contributed by atoms with Gasteiger partial charge in [0.25, 0.3) is 0 Å². The van der Waals surface area contributed by atoms with E-state index in [-0.39, 0.29) is 28.5 Å². The Kier molecular flexibility index (Phi) is 8.34. The normalized spacial score (nSPS) is 16.4. The molecular formula is C26H24Cl2FNO3. The fourth-order valence-corrected chi connectivity index (χ4v) is 4.20. The third-order valence-electron chi connectivity index (χ3n) is 5.21. The second kappa shape index (κ2) is 11.0. The number of nitrogens with zero attached hydrogens (tertiary/aromatic N) is 1. The molecule has 0 radical (unpaired) electrons. The highest BCUT2D eigenvalue weighted by atomic mass is 35.5. The number of halogens is 3. The number of ether oxygens (including phenoxy) is 3. The molecule has 0 spiro atoms. The smallest absolute Gasteiger partial charge is 0.174 e. The van der Waals surface area contributed by atoms with Crippen molar-refractivity contribution in [3.8, 4) is 22.9 Å². The monoisotopic (exact) mass is 487 g/mol. The molecule has 3 aromatic rings. The average Bonchev–Trinajstić information content (AvgIpc) is 3.64. The first-order valence-electron chi connectivity index (χ1n) is 10.6. The van der Waals surface area contributed by atoms with E-state index in [1.807, 2.05) is 50.2 Å². The molecule has 0 aromatic heterocycles. The van der Waals surface area contributed by atoms with Gasteiger partial charge in [-0.25, -0.2) is 4.39 Å². The Morgan fingerprint density at radius 1 is 1.06 bits per heavy atom. The van der Waals surface area contributed by atoms with Crippen LogP contribution in [0.1, 0.15) is 30.5 Å². The molecule has 0 N–H and O–H groups in total. The number of benzene rings is 3. The minimum absolute atomic E-state index is 0.0130. The van der Waals surface area contributed by atoms with Crippen LogP contribution in [-0.4, -0.2) is 26.9 Å². The average molecular weight is 488 g/mol. The van der Waals surface area contributed by atoms with Crippen molar-refractivity contribution in [1.29, 1.82) is 5.26 Å². The van der Waals surface area contributed by atoms with E-state index in [0.717, 1.165) is 5.56 Å². The van der Waals surface area contributed by atoms with Gasteiger partial charge in [-0.1, -0.05) is 67.4 Å². The van der Waals surface area contributed by atoms with E-state index < -0.39 is 11.4 Å². The van der Waals surface area contributed by atoms with Crippen LogP contribution < -0.4 is 4.74 Å². The Balaban J connectivity index is 0.00000149. The first-order valence-corrected chi connectivity index (χ1v) is 11.3. The van der Waals surface area contributed by atoms with Gasteiger partial charge >= 0.3 is 0 Å². The highest BCUT2D eigenvalue weighted by molar-refractivity contribution is 6.37. The number of nitriles is 1. The second-order valence-corrected chi connectivity index (χ2v) is 7.86. The van der Waals surface area contributed by atoms with Crippen molar-refractivity contribution in [1.82, 2.24) is 0 Å². The number of epoxide rings is 1. The van der Waals surface area contributed by atoms with E-state index in [9.17, 15) is 5.26 Å².